The molecule has 0 aliphatic carbocycles. The molecule has 2 rings (SSSR count). The number of benzene rings is 1. The fourth-order valence-electron chi connectivity index (χ4n) is 1.48. The Morgan fingerprint density at radius 3 is 2.80 bits per heavy atom. The highest BCUT2D eigenvalue weighted by Crippen LogP contribution is 2.25. The molecule has 2 aromatic rings. The molecule has 0 unspecified atom stereocenters. The van der Waals surface area contributed by atoms with E-state index < -0.39 is 20.7 Å². The van der Waals surface area contributed by atoms with E-state index in [2.05, 4.69) is 14.8 Å². The zero-order valence-electron chi connectivity index (χ0n) is 10.3. The summed E-state index contributed by atoms with van der Waals surface area (Å²) in [6.07, 6.45) is 1.42. The third-order valence-electron chi connectivity index (χ3n) is 2.37. The van der Waals surface area contributed by atoms with E-state index in [4.69, 9.17) is 17.3 Å². The van der Waals surface area contributed by atoms with E-state index >= 15 is 0 Å². The number of aromatic nitrogens is 3. The summed E-state index contributed by atoms with van der Waals surface area (Å²) in [5.74, 6) is -0.797. The summed E-state index contributed by atoms with van der Waals surface area (Å²) >= 11 is 5.57. The van der Waals surface area contributed by atoms with E-state index in [1.54, 1.807) is 7.05 Å². The number of rotatable bonds is 4. The SMILES string of the molecule is Cn1cnc(CNS(=O)(=O)c2cc(N)cc(Cl)c2F)n1. The van der Waals surface area contributed by atoms with Crippen LogP contribution in [0.5, 0.6) is 0 Å². The molecule has 0 fully saturated rings. The lowest BCUT2D eigenvalue weighted by Gasteiger charge is -2.08. The Labute approximate surface area is 119 Å². The van der Waals surface area contributed by atoms with E-state index in [1.807, 2.05) is 0 Å². The van der Waals surface area contributed by atoms with Crippen molar-refractivity contribution in [2.24, 2.45) is 7.05 Å². The zero-order chi connectivity index (χ0) is 14.9. The van der Waals surface area contributed by atoms with Crippen LogP contribution in [0.2, 0.25) is 5.02 Å². The van der Waals surface area contributed by atoms with Gasteiger partial charge >= 0.3 is 0 Å². The first-order valence-electron chi connectivity index (χ1n) is 5.38. The van der Waals surface area contributed by atoms with Gasteiger partial charge in [0.2, 0.25) is 10.0 Å². The topological polar surface area (TPSA) is 103 Å². The van der Waals surface area contributed by atoms with Crippen molar-refractivity contribution in [3.05, 3.63) is 35.1 Å². The molecule has 7 nitrogen and oxygen atoms in total. The molecule has 0 aliphatic heterocycles. The molecule has 0 saturated heterocycles. The molecule has 0 radical (unpaired) electrons. The van der Waals surface area contributed by atoms with Gasteiger partial charge in [0.1, 0.15) is 11.2 Å². The summed E-state index contributed by atoms with van der Waals surface area (Å²) in [4.78, 5) is 3.24. The van der Waals surface area contributed by atoms with Crippen molar-refractivity contribution in [2.45, 2.75) is 11.4 Å². The van der Waals surface area contributed by atoms with Crippen LogP contribution in [-0.2, 0) is 23.6 Å². The van der Waals surface area contributed by atoms with Crippen molar-refractivity contribution in [3.63, 3.8) is 0 Å². The molecule has 3 N–H and O–H groups in total. The summed E-state index contributed by atoms with van der Waals surface area (Å²) in [6, 6.07) is 2.13. The van der Waals surface area contributed by atoms with Gasteiger partial charge in [-0.25, -0.2) is 22.5 Å². The highest BCUT2D eigenvalue weighted by molar-refractivity contribution is 7.89. The lowest BCUT2D eigenvalue weighted by molar-refractivity contribution is 0.555. The fraction of sp³-hybridized carbons (Fsp3) is 0.200. The zero-order valence-corrected chi connectivity index (χ0v) is 11.9. The normalized spacial score (nSPS) is 11.8. The predicted molar refractivity (Wildman–Crippen MR) is 70.9 cm³/mol. The maximum atomic E-state index is 13.8. The van der Waals surface area contributed by atoms with Gasteiger partial charge in [0, 0.05) is 12.7 Å². The van der Waals surface area contributed by atoms with E-state index in [0.29, 0.717) is 0 Å². The van der Waals surface area contributed by atoms with Gasteiger partial charge in [0.25, 0.3) is 0 Å². The van der Waals surface area contributed by atoms with E-state index in [-0.39, 0.29) is 23.1 Å². The van der Waals surface area contributed by atoms with E-state index in [0.717, 1.165) is 12.1 Å². The molecule has 0 amide bonds. The summed E-state index contributed by atoms with van der Waals surface area (Å²) in [7, 11) is -2.46. The molecule has 1 heterocycles. The second-order valence-electron chi connectivity index (χ2n) is 3.97. The molecule has 1 aromatic carbocycles. The van der Waals surface area contributed by atoms with Crippen LogP contribution < -0.4 is 10.5 Å². The molecular weight excluding hydrogens is 309 g/mol. The number of nitrogens with one attached hydrogen (secondary N) is 1. The molecule has 0 atom stereocenters. The lowest BCUT2D eigenvalue weighted by atomic mass is 10.3. The molecule has 0 aliphatic rings. The lowest BCUT2D eigenvalue weighted by Crippen LogP contribution is -2.25. The Hall–Kier alpha value is -1.71. The smallest absolute Gasteiger partial charge is 0.244 e. The Kier molecular flexibility index (Phi) is 3.93. The van der Waals surface area contributed by atoms with Gasteiger partial charge in [-0.1, -0.05) is 11.6 Å². The number of nitrogen functional groups attached to an aromatic ring is 1. The molecule has 1 aromatic heterocycles. The number of aryl methyl sites for hydroxylation is 1. The van der Waals surface area contributed by atoms with Crippen LogP contribution in [-0.4, -0.2) is 23.2 Å². The molecule has 108 valence electrons. The van der Waals surface area contributed by atoms with E-state index in [9.17, 15) is 12.8 Å². The number of nitrogens with zero attached hydrogens (tertiary/aromatic N) is 3. The van der Waals surface area contributed by atoms with Crippen LogP contribution in [0, 0.1) is 5.82 Å². The number of sulfonamides is 1. The van der Waals surface area contributed by atoms with Gasteiger partial charge in [-0.2, -0.15) is 5.10 Å². The van der Waals surface area contributed by atoms with Crippen LogP contribution >= 0.6 is 11.6 Å². The van der Waals surface area contributed by atoms with Crippen molar-refractivity contribution in [1.29, 1.82) is 0 Å². The molecule has 10 heteroatoms. The average Bonchev–Trinajstić information content (AvgIpc) is 2.77. The summed E-state index contributed by atoms with van der Waals surface area (Å²) < 4.78 is 41.4. The second kappa shape index (κ2) is 5.35. The van der Waals surface area contributed by atoms with Gasteiger partial charge in [-0.15, -0.1) is 0 Å². The van der Waals surface area contributed by atoms with Crippen molar-refractivity contribution in [1.82, 2.24) is 19.5 Å². The molecule has 20 heavy (non-hydrogen) atoms. The minimum atomic E-state index is -4.10. The van der Waals surface area contributed by atoms with Gasteiger partial charge in [-0.3, -0.25) is 4.68 Å². The number of nitrogens with two attached hydrogens (primary N) is 1. The molecule has 0 spiro atoms. The maximum Gasteiger partial charge on any atom is 0.244 e. The van der Waals surface area contributed by atoms with Gasteiger partial charge < -0.3 is 5.73 Å². The summed E-state index contributed by atoms with van der Waals surface area (Å²) in [5, 5.41) is 3.54. The number of hydrogen-bond donors (Lipinski definition) is 2. The van der Waals surface area contributed by atoms with Crippen LogP contribution in [0.25, 0.3) is 0 Å². The fourth-order valence-corrected chi connectivity index (χ4v) is 2.88. The maximum absolute atomic E-state index is 13.8. The standard InChI is InChI=1S/C10H11ClFN5O2S/c1-17-5-14-9(16-17)4-15-20(18,19)8-3-6(13)2-7(11)10(8)12/h2-3,5,15H,4,13H2,1H3. The number of hydrogen-bond acceptors (Lipinski definition) is 5. The van der Waals surface area contributed by atoms with Crippen molar-refractivity contribution in [3.8, 4) is 0 Å². The first-order valence-corrected chi connectivity index (χ1v) is 7.24. The highest BCUT2D eigenvalue weighted by atomic mass is 35.5. The van der Waals surface area contributed by atoms with E-state index in [1.165, 1.54) is 11.0 Å². The highest BCUT2D eigenvalue weighted by Gasteiger charge is 2.22. The average molecular weight is 320 g/mol. The Morgan fingerprint density at radius 2 is 2.20 bits per heavy atom. The van der Waals surface area contributed by atoms with Crippen LogP contribution in [0.1, 0.15) is 5.82 Å². The minimum absolute atomic E-state index is 0.0488. The van der Waals surface area contributed by atoms with Gasteiger partial charge in [0.05, 0.1) is 11.6 Å². The Bertz CT molecular complexity index is 746. The first kappa shape index (κ1) is 14.7. The predicted octanol–water partition coefficient (Wildman–Crippen LogP) is 0.668. The van der Waals surface area contributed by atoms with Crippen LogP contribution in [0.3, 0.4) is 0 Å². The number of halogens is 2. The largest absolute Gasteiger partial charge is 0.399 e. The van der Waals surface area contributed by atoms with Crippen molar-refractivity contribution >= 4 is 27.3 Å². The number of anilines is 1. The molecular formula is C10H11ClFN5O2S. The van der Waals surface area contributed by atoms with Crippen LogP contribution in [0.15, 0.2) is 23.4 Å². The molecule has 0 saturated carbocycles. The van der Waals surface area contributed by atoms with Gasteiger partial charge in [0.15, 0.2) is 11.6 Å². The summed E-state index contributed by atoms with van der Waals surface area (Å²) in [6.45, 7) is -0.172. The van der Waals surface area contributed by atoms with Crippen molar-refractivity contribution in [2.75, 3.05) is 5.73 Å². The first-order chi connectivity index (χ1) is 9.29. The van der Waals surface area contributed by atoms with Gasteiger partial charge in [-0.05, 0) is 12.1 Å². The second-order valence-corrected chi connectivity index (χ2v) is 6.12. The quantitative estimate of drug-likeness (QED) is 0.806. The Balaban J connectivity index is 2.27. The summed E-state index contributed by atoms with van der Waals surface area (Å²) in [5.41, 5.74) is 5.51. The third-order valence-corrected chi connectivity index (χ3v) is 4.05. The molecule has 0 bridgehead atoms. The monoisotopic (exact) mass is 319 g/mol. The minimum Gasteiger partial charge on any atom is -0.399 e. The Morgan fingerprint density at radius 1 is 1.50 bits per heavy atom. The third kappa shape index (κ3) is 3.06. The van der Waals surface area contributed by atoms with Crippen LogP contribution in [0.4, 0.5) is 10.1 Å². The van der Waals surface area contributed by atoms with Crippen molar-refractivity contribution < 1.29 is 12.8 Å².